The van der Waals surface area contributed by atoms with E-state index in [1.807, 2.05) is 0 Å². The Morgan fingerprint density at radius 3 is 2.76 bits per heavy atom. The van der Waals surface area contributed by atoms with E-state index in [0.717, 1.165) is 0 Å². The summed E-state index contributed by atoms with van der Waals surface area (Å²) in [5.41, 5.74) is 5.95. The van der Waals surface area contributed by atoms with E-state index in [2.05, 4.69) is 20.6 Å². The van der Waals surface area contributed by atoms with E-state index in [9.17, 15) is 4.79 Å². The van der Waals surface area contributed by atoms with Gasteiger partial charge in [0, 0.05) is 26.6 Å². The van der Waals surface area contributed by atoms with Gasteiger partial charge in [-0.15, -0.1) is 0 Å². The van der Waals surface area contributed by atoms with Crippen LogP contribution in [0.25, 0.3) is 0 Å². The normalized spacial score (nSPS) is 9.94. The van der Waals surface area contributed by atoms with Gasteiger partial charge in [-0.05, 0) is 0 Å². The summed E-state index contributed by atoms with van der Waals surface area (Å²) in [6, 6.07) is 0. The third kappa shape index (κ3) is 5.67. The predicted octanol–water partition coefficient (Wildman–Crippen LogP) is -0.377. The maximum Gasteiger partial charge on any atom is 0.222 e. The molecule has 7 heteroatoms. The van der Waals surface area contributed by atoms with Crippen LogP contribution < -0.4 is 16.4 Å². The molecule has 0 aromatic carbocycles. The number of amides is 1. The first-order valence-electron chi connectivity index (χ1n) is 5.29. The number of methoxy groups -OCH3 is 1. The third-order valence-corrected chi connectivity index (χ3v) is 1.94. The Hall–Kier alpha value is -1.89. The van der Waals surface area contributed by atoms with Crippen molar-refractivity contribution in [3.05, 3.63) is 12.4 Å². The molecule has 1 heterocycles. The highest BCUT2D eigenvalue weighted by Crippen LogP contribution is 2.00. The summed E-state index contributed by atoms with van der Waals surface area (Å²) in [6.07, 6.45) is 3.37. The molecule has 1 amide bonds. The van der Waals surface area contributed by atoms with Crippen molar-refractivity contribution in [2.24, 2.45) is 0 Å². The van der Waals surface area contributed by atoms with Crippen molar-refractivity contribution in [1.29, 1.82) is 0 Å². The number of carbonyl (C=O) groups is 1. The van der Waals surface area contributed by atoms with Crippen LogP contribution in [0.1, 0.15) is 6.42 Å². The lowest BCUT2D eigenvalue weighted by Crippen LogP contribution is -2.28. The first kappa shape index (κ1) is 13.2. The van der Waals surface area contributed by atoms with Gasteiger partial charge in [0.2, 0.25) is 11.9 Å². The van der Waals surface area contributed by atoms with E-state index in [0.29, 0.717) is 37.8 Å². The largest absolute Gasteiger partial charge is 0.396 e. The molecule has 0 bridgehead atoms. The number of aromatic nitrogens is 2. The van der Waals surface area contributed by atoms with Crippen LogP contribution >= 0.6 is 0 Å². The molecule has 0 radical (unpaired) electrons. The minimum absolute atomic E-state index is 0.0370. The number of nitrogens with one attached hydrogen (secondary N) is 2. The van der Waals surface area contributed by atoms with Gasteiger partial charge in [0.15, 0.2) is 0 Å². The van der Waals surface area contributed by atoms with Crippen LogP contribution in [0.3, 0.4) is 0 Å². The number of nitrogens with zero attached hydrogens (tertiary/aromatic N) is 2. The van der Waals surface area contributed by atoms with Crippen molar-refractivity contribution >= 4 is 17.5 Å². The Morgan fingerprint density at radius 2 is 2.12 bits per heavy atom. The summed E-state index contributed by atoms with van der Waals surface area (Å²) >= 11 is 0. The summed E-state index contributed by atoms with van der Waals surface area (Å²) < 4.78 is 4.82. The molecule has 0 atom stereocenters. The molecule has 0 aliphatic heterocycles. The highest BCUT2D eigenvalue weighted by atomic mass is 16.5. The molecular weight excluding hydrogens is 222 g/mol. The van der Waals surface area contributed by atoms with E-state index in [-0.39, 0.29) is 5.91 Å². The number of nitrogens with two attached hydrogens (primary N) is 1. The van der Waals surface area contributed by atoms with Gasteiger partial charge in [-0.2, -0.15) is 0 Å². The summed E-state index contributed by atoms with van der Waals surface area (Å²) in [5.74, 6) is 0.425. The quantitative estimate of drug-likeness (QED) is 0.561. The predicted molar refractivity (Wildman–Crippen MR) is 64.4 cm³/mol. The number of carbonyl (C=O) groups excluding carboxylic acids is 1. The second-order valence-electron chi connectivity index (χ2n) is 3.36. The molecule has 0 fully saturated rings. The first-order chi connectivity index (χ1) is 8.22. The van der Waals surface area contributed by atoms with Crippen molar-refractivity contribution in [1.82, 2.24) is 15.3 Å². The van der Waals surface area contributed by atoms with Crippen molar-refractivity contribution in [2.75, 3.05) is 37.9 Å². The van der Waals surface area contributed by atoms with Gasteiger partial charge in [-0.3, -0.25) is 4.79 Å². The maximum absolute atomic E-state index is 11.3. The van der Waals surface area contributed by atoms with Gasteiger partial charge in [0.25, 0.3) is 0 Å². The maximum atomic E-state index is 11.3. The molecule has 7 nitrogen and oxygen atoms in total. The Morgan fingerprint density at radius 1 is 1.41 bits per heavy atom. The van der Waals surface area contributed by atoms with Gasteiger partial charge in [0.05, 0.1) is 24.7 Å². The number of rotatable bonds is 7. The summed E-state index contributed by atoms with van der Waals surface area (Å²) in [5, 5.41) is 5.64. The van der Waals surface area contributed by atoms with Crippen molar-refractivity contribution in [3.8, 4) is 0 Å². The van der Waals surface area contributed by atoms with E-state index in [1.54, 1.807) is 7.11 Å². The summed E-state index contributed by atoms with van der Waals surface area (Å²) in [7, 11) is 1.59. The zero-order valence-corrected chi connectivity index (χ0v) is 9.77. The van der Waals surface area contributed by atoms with E-state index in [1.165, 1.54) is 12.4 Å². The van der Waals surface area contributed by atoms with Gasteiger partial charge >= 0.3 is 0 Å². The minimum Gasteiger partial charge on any atom is -0.396 e. The second-order valence-corrected chi connectivity index (χ2v) is 3.36. The monoisotopic (exact) mass is 239 g/mol. The molecular formula is C10H17N5O2. The molecule has 94 valence electrons. The summed E-state index contributed by atoms with van der Waals surface area (Å²) in [4.78, 5) is 19.2. The van der Waals surface area contributed by atoms with Crippen LogP contribution in [0.5, 0.6) is 0 Å². The lowest BCUT2D eigenvalue weighted by atomic mass is 10.4. The molecule has 17 heavy (non-hydrogen) atoms. The zero-order valence-electron chi connectivity index (χ0n) is 9.77. The number of hydrogen-bond donors (Lipinski definition) is 3. The van der Waals surface area contributed by atoms with Crippen molar-refractivity contribution in [2.45, 2.75) is 6.42 Å². The van der Waals surface area contributed by atoms with Gasteiger partial charge in [-0.25, -0.2) is 9.97 Å². The zero-order chi connectivity index (χ0) is 12.5. The second kappa shape index (κ2) is 7.39. The molecule has 1 rings (SSSR count). The highest BCUT2D eigenvalue weighted by molar-refractivity contribution is 5.76. The fourth-order valence-corrected chi connectivity index (χ4v) is 1.10. The molecule has 1 aromatic heterocycles. The average molecular weight is 239 g/mol. The van der Waals surface area contributed by atoms with Gasteiger partial charge in [0.1, 0.15) is 0 Å². The van der Waals surface area contributed by atoms with E-state index in [4.69, 9.17) is 10.5 Å². The lowest BCUT2D eigenvalue weighted by molar-refractivity contribution is -0.121. The minimum atomic E-state index is -0.0370. The van der Waals surface area contributed by atoms with Crippen LogP contribution in [0.4, 0.5) is 11.6 Å². The standard InChI is InChI=1S/C10H17N5O2/c1-17-5-4-12-9(16)2-3-13-10-14-6-8(11)7-15-10/h6-7H,2-5,11H2,1H3,(H,12,16)(H,13,14,15). The summed E-state index contributed by atoms with van der Waals surface area (Å²) in [6.45, 7) is 1.51. The topological polar surface area (TPSA) is 102 Å². The smallest absolute Gasteiger partial charge is 0.222 e. The number of nitrogen functional groups attached to an aromatic ring is 1. The Kier molecular flexibility index (Phi) is 5.73. The molecule has 0 saturated heterocycles. The Balaban J connectivity index is 2.14. The van der Waals surface area contributed by atoms with Crippen molar-refractivity contribution < 1.29 is 9.53 Å². The van der Waals surface area contributed by atoms with Crippen LogP contribution in [-0.2, 0) is 9.53 Å². The third-order valence-electron chi connectivity index (χ3n) is 1.94. The van der Waals surface area contributed by atoms with Crippen LogP contribution in [0.15, 0.2) is 12.4 Å². The lowest BCUT2D eigenvalue weighted by Gasteiger charge is -2.05. The van der Waals surface area contributed by atoms with Crippen molar-refractivity contribution in [3.63, 3.8) is 0 Å². The van der Waals surface area contributed by atoms with Crippen LogP contribution in [0.2, 0.25) is 0 Å². The Labute approximate surface area is 99.8 Å². The first-order valence-corrected chi connectivity index (χ1v) is 5.29. The number of hydrogen-bond acceptors (Lipinski definition) is 6. The van der Waals surface area contributed by atoms with Gasteiger partial charge < -0.3 is 21.1 Å². The molecule has 0 aliphatic rings. The molecule has 4 N–H and O–H groups in total. The molecule has 0 spiro atoms. The molecule has 0 unspecified atom stereocenters. The fraction of sp³-hybridized carbons (Fsp3) is 0.500. The molecule has 0 aliphatic carbocycles. The van der Waals surface area contributed by atoms with Gasteiger partial charge in [-0.1, -0.05) is 0 Å². The highest BCUT2D eigenvalue weighted by Gasteiger charge is 2.00. The Bertz CT molecular complexity index is 341. The van der Waals surface area contributed by atoms with Crippen LogP contribution in [-0.4, -0.2) is 42.7 Å². The average Bonchev–Trinajstić information content (AvgIpc) is 2.32. The van der Waals surface area contributed by atoms with E-state index >= 15 is 0 Å². The number of ether oxygens (including phenoxy) is 1. The molecule has 0 saturated carbocycles. The fourth-order valence-electron chi connectivity index (χ4n) is 1.10. The molecule has 1 aromatic rings. The van der Waals surface area contributed by atoms with Crippen LogP contribution in [0, 0.1) is 0 Å². The van der Waals surface area contributed by atoms with E-state index < -0.39 is 0 Å². The SMILES string of the molecule is COCCNC(=O)CCNc1ncc(N)cn1. The number of anilines is 2.